The minimum Gasteiger partial charge on any atom is -0.478 e. The topological polar surface area (TPSA) is 125 Å². The van der Waals surface area contributed by atoms with Crippen LogP contribution in [0.15, 0.2) is 47.6 Å². The van der Waals surface area contributed by atoms with Crippen LogP contribution in [0.4, 0.5) is 5.69 Å². The molecule has 8 nitrogen and oxygen atoms in total. The third kappa shape index (κ3) is 3.42. The zero-order valence-corrected chi connectivity index (χ0v) is 14.8. The number of rotatable bonds is 5. The van der Waals surface area contributed by atoms with Gasteiger partial charge in [-0.25, -0.2) is 18.2 Å². The fourth-order valence-electron chi connectivity index (χ4n) is 2.49. The van der Waals surface area contributed by atoms with Crippen molar-refractivity contribution in [1.82, 2.24) is 15.2 Å². The molecule has 0 unspecified atom stereocenters. The number of nitrogens with one attached hydrogen (secondary N) is 2. The number of aromatic nitrogens is 3. The first kappa shape index (κ1) is 17.6. The van der Waals surface area contributed by atoms with Gasteiger partial charge < -0.3 is 5.11 Å². The Bertz CT molecular complexity index is 1080. The summed E-state index contributed by atoms with van der Waals surface area (Å²) in [6, 6.07) is 9.25. The molecule has 0 aliphatic carbocycles. The Morgan fingerprint density at radius 1 is 1.19 bits per heavy atom. The Hall–Kier alpha value is -3.20. The highest BCUT2D eigenvalue weighted by atomic mass is 32.2. The second kappa shape index (κ2) is 6.60. The molecule has 9 heteroatoms. The van der Waals surface area contributed by atoms with Crippen molar-refractivity contribution in [3.8, 4) is 11.4 Å². The van der Waals surface area contributed by atoms with E-state index in [-0.39, 0.29) is 10.5 Å². The van der Waals surface area contributed by atoms with Crippen LogP contribution in [0.2, 0.25) is 0 Å². The second-order valence-electron chi connectivity index (χ2n) is 5.74. The summed E-state index contributed by atoms with van der Waals surface area (Å²) in [5.74, 6) is -0.666. The van der Waals surface area contributed by atoms with Crippen LogP contribution in [-0.2, 0) is 10.0 Å². The molecule has 0 spiro atoms. The lowest BCUT2D eigenvalue weighted by Gasteiger charge is -2.12. The maximum atomic E-state index is 12.7. The average molecular weight is 372 g/mol. The molecule has 0 saturated heterocycles. The number of carboxylic acids is 1. The van der Waals surface area contributed by atoms with Gasteiger partial charge in [0.1, 0.15) is 6.33 Å². The van der Waals surface area contributed by atoms with Gasteiger partial charge in [-0.15, -0.1) is 0 Å². The highest BCUT2D eigenvalue weighted by Crippen LogP contribution is 2.24. The Balaban J connectivity index is 1.98. The number of sulfonamides is 1. The lowest BCUT2D eigenvalue weighted by atomic mass is 10.0. The Morgan fingerprint density at radius 2 is 1.96 bits per heavy atom. The van der Waals surface area contributed by atoms with Crippen LogP contribution in [0.1, 0.15) is 21.5 Å². The van der Waals surface area contributed by atoms with E-state index in [0.29, 0.717) is 28.2 Å². The molecule has 0 aliphatic heterocycles. The molecule has 1 aromatic heterocycles. The summed E-state index contributed by atoms with van der Waals surface area (Å²) in [5.41, 5.74) is 2.06. The third-order valence-electron chi connectivity index (χ3n) is 3.98. The van der Waals surface area contributed by atoms with Gasteiger partial charge in [0.05, 0.1) is 10.5 Å². The van der Waals surface area contributed by atoms with Crippen LogP contribution < -0.4 is 4.72 Å². The third-order valence-corrected chi connectivity index (χ3v) is 5.35. The van der Waals surface area contributed by atoms with Gasteiger partial charge in [0.2, 0.25) is 0 Å². The monoisotopic (exact) mass is 372 g/mol. The van der Waals surface area contributed by atoms with Crippen molar-refractivity contribution in [2.45, 2.75) is 18.7 Å². The SMILES string of the molecule is Cc1cc(S(=O)(=O)Nc2cccc(-c3ncn[nH]3)c2)cc(C(=O)O)c1C. The first-order chi connectivity index (χ1) is 12.3. The Morgan fingerprint density at radius 3 is 2.62 bits per heavy atom. The van der Waals surface area contributed by atoms with Gasteiger partial charge in [0.25, 0.3) is 10.0 Å². The van der Waals surface area contributed by atoms with E-state index in [1.165, 1.54) is 12.4 Å². The molecule has 26 heavy (non-hydrogen) atoms. The molecule has 3 N–H and O–H groups in total. The van der Waals surface area contributed by atoms with Crippen LogP contribution in [0.25, 0.3) is 11.4 Å². The number of carbonyl (C=O) groups is 1. The highest BCUT2D eigenvalue weighted by Gasteiger charge is 2.20. The van der Waals surface area contributed by atoms with Crippen molar-refractivity contribution in [1.29, 1.82) is 0 Å². The number of hydrogen-bond donors (Lipinski definition) is 3. The molecule has 3 aromatic rings. The van der Waals surface area contributed by atoms with E-state index in [2.05, 4.69) is 19.9 Å². The predicted octanol–water partition coefficient (Wildman–Crippen LogP) is 2.59. The fraction of sp³-hybridized carbons (Fsp3) is 0.118. The number of nitrogens with zero attached hydrogens (tertiary/aromatic N) is 2. The molecule has 0 saturated carbocycles. The molecule has 134 valence electrons. The first-order valence-electron chi connectivity index (χ1n) is 7.61. The van der Waals surface area contributed by atoms with Crippen LogP contribution in [0.3, 0.4) is 0 Å². The van der Waals surface area contributed by atoms with Crippen molar-refractivity contribution < 1.29 is 18.3 Å². The lowest BCUT2D eigenvalue weighted by Crippen LogP contribution is -2.15. The van der Waals surface area contributed by atoms with Crippen LogP contribution in [0, 0.1) is 13.8 Å². The van der Waals surface area contributed by atoms with Crippen LogP contribution >= 0.6 is 0 Å². The van der Waals surface area contributed by atoms with Crippen molar-refractivity contribution in [2.75, 3.05) is 4.72 Å². The quantitative estimate of drug-likeness (QED) is 0.632. The van der Waals surface area contributed by atoms with Gasteiger partial charge >= 0.3 is 5.97 Å². The first-order valence-corrected chi connectivity index (χ1v) is 9.09. The minimum absolute atomic E-state index is 0.0409. The molecule has 0 atom stereocenters. The predicted molar refractivity (Wildman–Crippen MR) is 95.5 cm³/mol. The molecule has 1 heterocycles. The zero-order valence-electron chi connectivity index (χ0n) is 14.0. The number of hydrogen-bond acceptors (Lipinski definition) is 5. The number of benzene rings is 2. The van der Waals surface area contributed by atoms with E-state index in [1.807, 2.05) is 0 Å². The van der Waals surface area contributed by atoms with E-state index >= 15 is 0 Å². The molecule has 0 radical (unpaired) electrons. The summed E-state index contributed by atoms with van der Waals surface area (Å²) in [5, 5.41) is 15.7. The summed E-state index contributed by atoms with van der Waals surface area (Å²) in [6.45, 7) is 3.31. The fourth-order valence-corrected chi connectivity index (χ4v) is 3.65. The smallest absolute Gasteiger partial charge is 0.336 e. The van der Waals surface area contributed by atoms with Gasteiger partial charge in [-0.05, 0) is 49.2 Å². The summed E-state index contributed by atoms with van der Waals surface area (Å²) in [7, 11) is -3.95. The molecule has 0 aliphatic rings. The molecule has 0 amide bonds. The second-order valence-corrected chi connectivity index (χ2v) is 7.42. The number of H-pyrrole nitrogens is 1. The van der Waals surface area contributed by atoms with Crippen molar-refractivity contribution in [3.63, 3.8) is 0 Å². The van der Waals surface area contributed by atoms with Crippen molar-refractivity contribution in [3.05, 3.63) is 59.4 Å². The molecular formula is C17H16N4O4S. The molecule has 3 rings (SSSR count). The van der Waals surface area contributed by atoms with Crippen LogP contribution in [0.5, 0.6) is 0 Å². The number of carboxylic acid groups (broad SMARTS) is 1. The Kier molecular flexibility index (Phi) is 4.47. The van der Waals surface area contributed by atoms with E-state index in [4.69, 9.17) is 0 Å². The van der Waals surface area contributed by atoms with Gasteiger partial charge in [0, 0.05) is 11.3 Å². The Labute approximate surface area is 150 Å². The largest absolute Gasteiger partial charge is 0.478 e. The molecule has 0 fully saturated rings. The van der Waals surface area contributed by atoms with Gasteiger partial charge in [-0.1, -0.05) is 12.1 Å². The highest BCUT2D eigenvalue weighted by molar-refractivity contribution is 7.92. The van der Waals surface area contributed by atoms with Crippen LogP contribution in [-0.4, -0.2) is 34.7 Å². The van der Waals surface area contributed by atoms with E-state index in [1.54, 1.807) is 38.1 Å². The maximum Gasteiger partial charge on any atom is 0.336 e. The van der Waals surface area contributed by atoms with E-state index in [9.17, 15) is 18.3 Å². The lowest BCUT2D eigenvalue weighted by molar-refractivity contribution is 0.0695. The van der Waals surface area contributed by atoms with Gasteiger partial charge in [-0.2, -0.15) is 5.10 Å². The molecule has 0 bridgehead atoms. The standard InChI is InChI=1S/C17H16N4O4S/c1-10-6-14(8-15(11(10)2)17(22)23)26(24,25)21-13-5-3-4-12(7-13)16-18-9-19-20-16/h3-9,21H,1-2H3,(H,22,23)(H,18,19,20). The average Bonchev–Trinajstić information content (AvgIpc) is 3.11. The summed E-state index contributed by atoms with van der Waals surface area (Å²) in [6.07, 6.45) is 1.36. The van der Waals surface area contributed by atoms with E-state index < -0.39 is 16.0 Å². The number of aromatic carboxylic acids is 1. The summed E-state index contributed by atoms with van der Waals surface area (Å²) in [4.78, 5) is 15.3. The van der Waals surface area contributed by atoms with Crippen molar-refractivity contribution in [2.24, 2.45) is 0 Å². The molecular weight excluding hydrogens is 356 g/mol. The summed E-state index contributed by atoms with van der Waals surface area (Å²) >= 11 is 0. The van der Waals surface area contributed by atoms with E-state index in [0.717, 1.165) is 6.07 Å². The number of anilines is 1. The zero-order chi connectivity index (χ0) is 18.9. The normalized spacial score (nSPS) is 11.3. The van der Waals surface area contributed by atoms with Crippen molar-refractivity contribution >= 4 is 21.7 Å². The molecule has 2 aromatic carbocycles. The maximum absolute atomic E-state index is 12.7. The van der Waals surface area contributed by atoms with Gasteiger partial charge in [-0.3, -0.25) is 9.82 Å². The number of aryl methyl sites for hydroxylation is 1. The number of aromatic amines is 1. The minimum atomic E-state index is -3.95. The summed E-state index contributed by atoms with van der Waals surface area (Å²) < 4.78 is 27.9. The van der Waals surface area contributed by atoms with Gasteiger partial charge in [0.15, 0.2) is 5.82 Å².